The topological polar surface area (TPSA) is 101 Å². The van der Waals surface area contributed by atoms with Gasteiger partial charge in [0.1, 0.15) is 0 Å². The molecule has 256 valence electrons. The van der Waals surface area contributed by atoms with Crippen molar-refractivity contribution in [1.29, 1.82) is 0 Å². The van der Waals surface area contributed by atoms with E-state index in [0.29, 0.717) is 12.6 Å². The van der Waals surface area contributed by atoms with Gasteiger partial charge in [0.05, 0.1) is 18.8 Å². The number of nitrogens with one attached hydrogen (secondary N) is 1. The van der Waals surface area contributed by atoms with Crippen molar-refractivity contribution in [2.24, 2.45) is 0 Å². The Morgan fingerprint density at radius 1 is 0.917 bits per heavy atom. The number of rotatable bonds is 12. The van der Waals surface area contributed by atoms with E-state index >= 15 is 0 Å². The molecule has 3 aromatic carbocycles. The highest BCUT2D eigenvalue weighted by molar-refractivity contribution is 5.83. The molecule has 3 fully saturated rings. The number of aliphatic hydroxyl groups is 1. The molecular weight excluding hydrogens is 606 g/mol. The molecule has 0 spiro atoms. The molecule has 0 saturated carbocycles. The third kappa shape index (κ3) is 8.70. The third-order valence-corrected chi connectivity index (χ3v) is 9.90. The summed E-state index contributed by atoms with van der Waals surface area (Å²) in [5, 5.41) is 12.5. The smallest absolute Gasteiger partial charge is 0.303 e. The monoisotopic (exact) mass is 655 g/mol. The standard InChI is InChI=1S/C39H49N3O6/c1-27(46-28(2)44)38(45)40-23-33-8-3-4-10-36(33)30-15-17-32(18-16-30)39-47-35(22-37(48-39)31-13-11-29(26-43)12-14-31)25-42-21-7-9-34(42)24-41-19-5-6-20-41/h3-4,8,10-18,27,34-35,37,39,43H,5-7,9,19-26H2,1-2H3,(H,40,45)/t27-,34-,35+,37-,39-/m0/s1. The van der Waals surface area contributed by atoms with Crippen molar-refractivity contribution < 1.29 is 28.9 Å². The van der Waals surface area contributed by atoms with Crippen LogP contribution in [0.15, 0.2) is 72.8 Å². The maximum Gasteiger partial charge on any atom is 0.303 e. The molecule has 2 N–H and O–H groups in total. The highest BCUT2D eigenvalue weighted by atomic mass is 16.7. The van der Waals surface area contributed by atoms with E-state index in [0.717, 1.165) is 59.4 Å². The molecule has 5 atom stereocenters. The van der Waals surface area contributed by atoms with Gasteiger partial charge in [-0.15, -0.1) is 0 Å². The van der Waals surface area contributed by atoms with Crippen molar-refractivity contribution >= 4 is 11.9 Å². The van der Waals surface area contributed by atoms with Gasteiger partial charge in [0.15, 0.2) is 12.4 Å². The van der Waals surface area contributed by atoms with Crippen molar-refractivity contribution in [3.63, 3.8) is 0 Å². The highest BCUT2D eigenvalue weighted by Crippen LogP contribution is 2.39. The van der Waals surface area contributed by atoms with Crippen LogP contribution in [0.5, 0.6) is 0 Å². The Hall–Kier alpha value is -3.60. The fourth-order valence-electron chi connectivity index (χ4n) is 7.30. The van der Waals surface area contributed by atoms with Gasteiger partial charge in [-0.1, -0.05) is 72.8 Å². The lowest BCUT2D eigenvalue weighted by molar-refractivity contribution is -0.253. The predicted octanol–water partition coefficient (Wildman–Crippen LogP) is 5.52. The van der Waals surface area contributed by atoms with Crippen molar-refractivity contribution in [1.82, 2.24) is 15.1 Å². The van der Waals surface area contributed by atoms with Crippen LogP contribution in [0.3, 0.4) is 0 Å². The summed E-state index contributed by atoms with van der Waals surface area (Å²) in [4.78, 5) is 29.0. The van der Waals surface area contributed by atoms with E-state index in [1.54, 1.807) is 6.92 Å². The minimum atomic E-state index is -0.855. The number of hydrogen-bond donors (Lipinski definition) is 2. The van der Waals surface area contributed by atoms with E-state index in [1.807, 2.05) is 36.4 Å². The number of likely N-dealkylation sites (tertiary alicyclic amines) is 2. The Kier molecular flexibility index (Phi) is 11.6. The van der Waals surface area contributed by atoms with Gasteiger partial charge in [-0.25, -0.2) is 0 Å². The van der Waals surface area contributed by atoms with Gasteiger partial charge in [-0.2, -0.15) is 0 Å². The maximum absolute atomic E-state index is 12.5. The Labute approximate surface area is 284 Å². The van der Waals surface area contributed by atoms with E-state index in [9.17, 15) is 14.7 Å². The molecular formula is C39H49N3O6. The van der Waals surface area contributed by atoms with Crippen LogP contribution >= 0.6 is 0 Å². The summed E-state index contributed by atoms with van der Waals surface area (Å²) >= 11 is 0. The number of nitrogens with zero attached hydrogens (tertiary/aromatic N) is 2. The van der Waals surface area contributed by atoms with E-state index in [1.165, 1.54) is 45.7 Å². The molecule has 6 rings (SSSR count). The molecule has 0 unspecified atom stereocenters. The zero-order valence-electron chi connectivity index (χ0n) is 28.2. The second kappa shape index (κ2) is 16.2. The number of ether oxygens (including phenoxy) is 3. The largest absolute Gasteiger partial charge is 0.453 e. The summed E-state index contributed by atoms with van der Waals surface area (Å²) in [6, 6.07) is 24.9. The fraction of sp³-hybridized carbons (Fsp3) is 0.487. The molecule has 3 heterocycles. The second-order valence-corrected chi connectivity index (χ2v) is 13.4. The van der Waals surface area contributed by atoms with Gasteiger partial charge >= 0.3 is 5.97 Å². The quantitative estimate of drug-likeness (QED) is 0.246. The molecule has 0 aromatic heterocycles. The van der Waals surface area contributed by atoms with Gasteiger partial charge < -0.3 is 29.5 Å². The third-order valence-electron chi connectivity index (χ3n) is 9.90. The van der Waals surface area contributed by atoms with Gasteiger partial charge in [-0.3, -0.25) is 14.5 Å². The summed E-state index contributed by atoms with van der Waals surface area (Å²) in [6.07, 6.45) is 4.39. The highest BCUT2D eigenvalue weighted by Gasteiger charge is 2.36. The van der Waals surface area contributed by atoms with Crippen molar-refractivity contribution in [2.45, 2.75) is 89.7 Å². The number of esters is 1. The lowest BCUT2D eigenvalue weighted by Gasteiger charge is -2.39. The van der Waals surface area contributed by atoms with E-state index in [-0.39, 0.29) is 24.7 Å². The average Bonchev–Trinajstić information content (AvgIpc) is 3.79. The van der Waals surface area contributed by atoms with Crippen molar-refractivity contribution in [2.75, 3.05) is 32.7 Å². The summed E-state index contributed by atoms with van der Waals surface area (Å²) in [5.74, 6) is -0.826. The van der Waals surface area contributed by atoms with Gasteiger partial charge in [0.25, 0.3) is 5.91 Å². The van der Waals surface area contributed by atoms with E-state index in [2.05, 4.69) is 51.5 Å². The molecule has 1 amide bonds. The molecule has 0 aliphatic carbocycles. The van der Waals surface area contributed by atoms with Crippen LogP contribution in [0.2, 0.25) is 0 Å². The zero-order valence-corrected chi connectivity index (χ0v) is 28.2. The van der Waals surface area contributed by atoms with Crippen LogP contribution in [-0.2, 0) is 37.0 Å². The molecule has 3 aromatic rings. The number of benzene rings is 3. The van der Waals surface area contributed by atoms with Crippen LogP contribution in [0, 0.1) is 0 Å². The second-order valence-electron chi connectivity index (χ2n) is 13.4. The SMILES string of the molecule is CC(=O)O[C@@H](C)C(=O)NCc1ccccc1-c1ccc([C@H]2O[C@@H](CN3CCC[C@H]3CN3CCCC3)C[C@@H](c3ccc(CO)cc3)O2)cc1. The first-order valence-electron chi connectivity index (χ1n) is 17.5. The molecule has 9 nitrogen and oxygen atoms in total. The Morgan fingerprint density at radius 3 is 2.38 bits per heavy atom. The summed E-state index contributed by atoms with van der Waals surface area (Å²) in [5.41, 5.74) is 5.91. The molecule has 3 aliphatic rings. The Bertz CT molecular complexity index is 1510. The summed E-state index contributed by atoms with van der Waals surface area (Å²) < 4.78 is 18.4. The van der Waals surface area contributed by atoms with E-state index < -0.39 is 18.4 Å². The fourth-order valence-corrected chi connectivity index (χ4v) is 7.30. The minimum Gasteiger partial charge on any atom is -0.453 e. The number of carbonyl (C=O) groups is 2. The number of carbonyl (C=O) groups excluding carboxylic acids is 2. The Morgan fingerprint density at radius 2 is 1.65 bits per heavy atom. The summed E-state index contributed by atoms with van der Waals surface area (Å²) in [7, 11) is 0. The number of hydrogen-bond acceptors (Lipinski definition) is 8. The molecule has 3 aliphatic heterocycles. The van der Waals surface area contributed by atoms with Gasteiger partial charge in [0.2, 0.25) is 0 Å². The molecule has 9 heteroatoms. The predicted molar refractivity (Wildman–Crippen MR) is 184 cm³/mol. The number of aliphatic hydroxyl groups excluding tert-OH is 1. The van der Waals surface area contributed by atoms with Crippen LogP contribution in [-0.4, -0.2) is 77.8 Å². The molecule has 0 radical (unpaired) electrons. The first kappa shape index (κ1) is 34.3. The maximum atomic E-state index is 12.5. The number of amides is 1. The van der Waals surface area contributed by atoms with Crippen LogP contribution in [0.25, 0.3) is 11.1 Å². The van der Waals surface area contributed by atoms with Gasteiger partial charge in [0, 0.05) is 44.6 Å². The van der Waals surface area contributed by atoms with E-state index in [4.69, 9.17) is 14.2 Å². The summed E-state index contributed by atoms with van der Waals surface area (Å²) in [6.45, 7) is 8.76. The molecule has 48 heavy (non-hydrogen) atoms. The zero-order chi connectivity index (χ0) is 33.5. The molecule has 0 bridgehead atoms. The van der Waals surface area contributed by atoms with Crippen molar-refractivity contribution in [3.05, 3.63) is 95.1 Å². The first-order chi connectivity index (χ1) is 23.4. The normalized spacial score (nSPS) is 24.0. The van der Waals surface area contributed by atoms with Crippen molar-refractivity contribution in [3.8, 4) is 11.1 Å². The average molecular weight is 656 g/mol. The molecule has 3 saturated heterocycles. The van der Waals surface area contributed by atoms with Crippen LogP contribution < -0.4 is 5.32 Å². The van der Waals surface area contributed by atoms with Crippen LogP contribution in [0.4, 0.5) is 0 Å². The minimum absolute atomic E-state index is 0.0166. The van der Waals surface area contributed by atoms with Gasteiger partial charge in [-0.05, 0) is 80.1 Å². The Balaban J connectivity index is 1.17. The lowest BCUT2D eigenvalue weighted by Crippen LogP contribution is -2.45. The van der Waals surface area contributed by atoms with Crippen LogP contribution in [0.1, 0.15) is 80.6 Å². The first-order valence-corrected chi connectivity index (χ1v) is 17.5. The lowest BCUT2D eigenvalue weighted by atomic mass is 9.97.